The summed E-state index contributed by atoms with van der Waals surface area (Å²) in [7, 11) is 0. The summed E-state index contributed by atoms with van der Waals surface area (Å²) in [6, 6.07) is 10.9. The first-order valence-electron chi connectivity index (χ1n) is 9.12. The minimum absolute atomic E-state index is 0.901. The smallest absolute Gasteiger partial charge is 0.0945 e. The van der Waals surface area contributed by atoms with E-state index >= 15 is 0 Å². The average molecular weight is 311 g/mol. The Morgan fingerprint density at radius 1 is 1.00 bits per heavy atom. The van der Waals surface area contributed by atoms with E-state index in [1.165, 1.54) is 63.7 Å². The van der Waals surface area contributed by atoms with Gasteiger partial charge in [-0.05, 0) is 69.6 Å². The van der Waals surface area contributed by atoms with Crippen molar-refractivity contribution in [1.29, 1.82) is 0 Å². The van der Waals surface area contributed by atoms with E-state index in [1.807, 2.05) is 12.5 Å². The number of aryl methyl sites for hydroxylation is 2. The molecule has 3 heteroatoms. The largest absolute Gasteiger partial charge is 0.337 e. The van der Waals surface area contributed by atoms with E-state index in [0.717, 1.165) is 12.5 Å². The molecule has 3 nitrogen and oxygen atoms in total. The molecule has 0 N–H and O–H groups in total. The van der Waals surface area contributed by atoms with Gasteiger partial charge in [0.1, 0.15) is 0 Å². The summed E-state index contributed by atoms with van der Waals surface area (Å²) in [4.78, 5) is 6.78. The molecular formula is C20H29N3. The molecule has 1 aromatic carbocycles. The highest BCUT2D eigenvalue weighted by molar-refractivity contribution is 5.14. The number of unbranched alkanes of at least 4 members (excludes halogenated alkanes) is 1. The number of aromatic nitrogens is 2. The van der Waals surface area contributed by atoms with E-state index in [0.29, 0.717) is 0 Å². The summed E-state index contributed by atoms with van der Waals surface area (Å²) in [5.74, 6) is 0.901. The van der Waals surface area contributed by atoms with Crippen LogP contribution in [0.15, 0.2) is 49.1 Å². The Bertz CT molecular complexity index is 527. The van der Waals surface area contributed by atoms with Crippen LogP contribution in [0.5, 0.6) is 0 Å². The van der Waals surface area contributed by atoms with Gasteiger partial charge < -0.3 is 9.47 Å². The Balaban J connectivity index is 1.26. The number of rotatable bonds is 8. The fourth-order valence-electron chi connectivity index (χ4n) is 3.56. The molecule has 2 heterocycles. The van der Waals surface area contributed by atoms with E-state index in [2.05, 4.69) is 51.0 Å². The van der Waals surface area contributed by atoms with Gasteiger partial charge >= 0.3 is 0 Å². The highest BCUT2D eigenvalue weighted by Gasteiger charge is 2.18. The topological polar surface area (TPSA) is 21.1 Å². The van der Waals surface area contributed by atoms with Crippen molar-refractivity contribution in [1.82, 2.24) is 14.5 Å². The molecule has 0 radical (unpaired) electrons. The van der Waals surface area contributed by atoms with Crippen molar-refractivity contribution in [2.24, 2.45) is 5.92 Å². The molecule has 1 aliphatic rings. The molecule has 1 fully saturated rings. The van der Waals surface area contributed by atoms with Gasteiger partial charge in [0.05, 0.1) is 6.33 Å². The lowest BCUT2D eigenvalue weighted by Gasteiger charge is -2.32. The van der Waals surface area contributed by atoms with Gasteiger partial charge in [0.25, 0.3) is 0 Å². The van der Waals surface area contributed by atoms with Crippen molar-refractivity contribution < 1.29 is 0 Å². The Hall–Kier alpha value is -1.61. The average Bonchev–Trinajstić information content (AvgIpc) is 3.12. The first-order chi connectivity index (χ1) is 11.4. The van der Waals surface area contributed by atoms with Crippen molar-refractivity contribution in [3.8, 4) is 0 Å². The molecule has 3 rings (SSSR count). The van der Waals surface area contributed by atoms with E-state index in [4.69, 9.17) is 0 Å². The Kier molecular flexibility index (Phi) is 6.27. The van der Waals surface area contributed by atoms with Gasteiger partial charge in [-0.2, -0.15) is 0 Å². The lowest BCUT2D eigenvalue weighted by Crippen LogP contribution is -2.34. The van der Waals surface area contributed by atoms with E-state index in [9.17, 15) is 0 Å². The molecular weight excluding hydrogens is 282 g/mol. The minimum atomic E-state index is 0.901. The van der Waals surface area contributed by atoms with Gasteiger partial charge in [0.2, 0.25) is 0 Å². The van der Waals surface area contributed by atoms with Crippen LogP contribution in [0.4, 0.5) is 0 Å². The standard InChI is InChI=1S/C20H29N3/c1-2-6-19(7-3-1)8-4-5-13-22-14-9-20(10-15-22)11-16-23-17-12-21-18-23/h1-3,6-7,12,17-18,20H,4-5,8-11,13-16H2. The molecule has 0 aliphatic carbocycles. The second-order valence-corrected chi connectivity index (χ2v) is 6.82. The molecule has 1 aromatic heterocycles. The number of piperidine rings is 1. The summed E-state index contributed by atoms with van der Waals surface area (Å²) >= 11 is 0. The first kappa shape index (κ1) is 16.3. The number of likely N-dealkylation sites (tertiary alicyclic amines) is 1. The Morgan fingerprint density at radius 2 is 1.83 bits per heavy atom. The predicted octanol–water partition coefficient (Wildman–Crippen LogP) is 4.01. The number of hydrogen-bond acceptors (Lipinski definition) is 2. The zero-order chi connectivity index (χ0) is 15.7. The van der Waals surface area contributed by atoms with Crippen molar-refractivity contribution in [3.05, 3.63) is 54.6 Å². The molecule has 124 valence electrons. The Labute approximate surface area is 140 Å². The summed E-state index contributed by atoms with van der Waals surface area (Å²) < 4.78 is 2.20. The van der Waals surface area contributed by atoms with Crippen LogP contribution < -0.4 is 0 Å². The van der Waals surface area contributed by atoms with Gasteiger partial charge in [0, 0.05) is 18.9 Å². The molecule has 0 atom stereocenters. The Morgan fingerprint density at radius 3 is 2.57 bits per heavy atom. The molecule has 0 spiro atoms. The first-order valence-corrected chi connectivity index (χ1v) is 9.12. The zero-order valence-corrected chi connectivity index (χ0v) is 14.1. The second kappa shape index (κ2) is 8.88. The quantitative estimate of drug-likeness (QED) is 0.687. The van der Waals surface area contributed by atoms with Crippen LogP contribution in [0, 0.1) is 5.92 Å². The van der Waals surface area contributed by atoms with Gasteiger partial charge in [-0.25, -0.2) is 4.98 Å². The van der Waals surface area contributed by atoms with Crippen LogP contribution >= 0.6 is 0 Å². The molecule has 1 aliphatic heterocycles. The second-order valence-electron chi connectivity index (χ2n) is 6.82. The van der Waals surface area contributed by atoms with Crippen molar-refractivity contribution in [2.75, 3.05) is 19.6 Å². The van der Waals surface area contributed by atoms with E-state index in [-0.39, 0.29) is 0 Å². The van der Waals surface area contributed by atoms with Crippen LogP contribution in [0.1, 0.15) is 37.7 Å². The van der Waals surface area contributed by atoms with Gasteiger partial charge in [0.15, 0.2) is 0 Å². The highest BCUT2D eigenvalue weighted by Crippen LogP contribution is 2.21. The number of imidazole rings is 1. The van der Waals surface area contributed by atoms with Crippen LogP contribution in [-0.2, 0) is 13.0 Å². The number of benzene rings is 1. The van der Waals surface area contributed by atoms with E-state index in [1.54, 1.807) is 0 Å². The summed E-state index contributed by atoms with van der Waals surface area (Å²) in [5, 5.41) is 0. The lowest BCUT2D eigenvalue weighted by molar-refractivity contribution is 0.173. The maximum absolute atomic E-state index is 4.12. The van der Waals surface area contributed by atoms with Crippen LogP contribution in [0.3, 0.4) is 0 Å². The van der Waals surface area contributed by atoms with Gasteiger partial charge in [-0.3, -0.25) is 0 Å². The molecule has 1 saturated heterocycles. The van der Waals surface area contributed by atoms with Gasteiger partial charge in [-0.15, -0.1) is 0 Å². The number of hydrogen-bond donors (Lipinski definition) is 0. The fourth-order valence-corrected chi connectivity index (χ4v) is 3.56. The lowest BCUT2D eigenvalue weighted by atomic mass is 9.93. The molecule has 2 aromatic rings. The van der Waals surface area contributed by atoms with Crippen molar-refractivity contribution >= 4 is 0 Å². The van der Waals surface area contributed by atoms with Crippen LogP contribution in [-0.4, -0.2) is 34.1 Å². The third kappa shape index (κ3) is 5.51. The normalized spacial score (nSPS) is 16.7. The van der Waals surface area contributed by atoms with E-state index < -0.39 is 0 Å². The maximum Gasteiger partial charge on any atom is 0.0945 e. The fraction of sp³-hybridized carbons (Fsp3) is 0.550. The molecule has 0 amide bonds. The molecule has 0 bridgehead atoms. The molecule has 0 saturated carbocycles. The highest BCUT2D eigenvalue weighted by atomic mass is 15.1. The molecule has 0 unspecified atom stereocenters. The number of nitrogens with zero attached hydrogens (tertiary/aromatic N) is 3. The van der Waals surface area contributed by atoms with Crippen molar-refractivity contribution in [2.45, 2.75) is 45.1 Å². The summed E-state index contributed by atoms with van der Waals surface area (Å²) in [6.45, 7) is 4.99. The molecule has 23 heavy (non-hydrogen) atoms. The third-order valence-electron chi connectivity index (χ3n) is 5.09. The monoisotopic (exact) mass is 311 g/mol. The maximum atomic E-state index is 4.12. The minimum Gasteiger partial charge on any atom is -0.337 e. The van der Waals surface area contributed by atoms with Gasteiger partial charge in [-0.1, -0.05) is 30.3 Å². The van der Waals surface area contributed by atoms with Crippen LogP contribution in [0.2, 0.25) is 0 Å². The van der Waals surface area contributed by atoms with Crippen molar-refractivity contribution in [3.63, 3.8) is 0 Å². The zero-order valence-electron chi connectivity index (χ0n) is 14.1. The predicted molar refractivity (Wildman–Crippen MR) is 95.4 cm³/mol. The SMILES string of the molecule is c1ccc(CCCCN2CCC(CCn3ccnc3)CC2)cc1. The summed E-state index contributed by atoms with van der Waals surface area (Å²) in [5.41, 5.74) is 1.48. The third-order valence-corrected chi connectivity index (χ3v) is 5.09. The van der Waals surface area contributed by atoms with Crippen LogP contribution in [0.25, 0.3) is 0 Å². The summed E-state index contributed by atoms with van der Waals surface area (Å²) in [6.07, 6.45) is 13.8.